The second-order valence-electron chi connectivity index (χ2n) is 3.13. The van der Waals surface area contributed by atoms with Crippen molar-refractivity contribution in [3.05, 3.63) is 35.4 Å². The van der Waals surface area contributed by atoms with E-state index in [1.807, 2.05) is 0 Å². The molecular weight excluding hydrogens is 270 g/mol. The van der Waals surface area contributed by atoms with Crippen molar-refractivity contribution in [1.29, 1.82) is 0 Å². The molecule has 0 saturated heterocycles. The molecule has 0 aliphatic rings. The zero-order chi connectivity index (χ0) is 11.4. The van der Waals surface area contributed by atoms with Crippen molar-refractivity contribution in [2.45, 2.75) is 18.6 Å². The van der Waals surface area contributed by atoms with Crippen LogP contribution in [0.3, 0.4) is 0 Å². The summed E-state index contributed by atoms with van der Waals surface area (Å²) in [6.45, 7) is 0. The zero-order valence-corrected chi connectivity index (χ0v) is 9.42. The van der Waals surface area contributed by atoms with E-state index < -0.39 is 23.8 Å². The first kappa shape index (κ1) is 12.5. The van der Waals surface area contributed by atoms with Gasteiger partial charge < -0.3 is 10.2 Å². The summed E-state index contributed by atoms with van der Waals surface area (Å²) in [5, 5.41) is 19.4. The summed E-state index contributed by atoms with van der Waals surface area (Å²) >= 11 is 3.08. The summed E-state index contributed by atoms with van der Waals surface area (Å²) in [5.41, 5.74) is -0.219. The van der Waals surface area contributed by atoms with E-state index in [1.54, 1.807) is 0 Å². The molecule has 0 bridgehead atoms. The Balaban J connectivity index is 2.90. The summed E-state index contributed by atoms with van der Waals surface area (Å²) in [5.74, 6) is -2.14. The van der Waals surface area contributed by atoms with E-state index >= 15 is 0 Å². The van der Waals surface area contributed by atoms with Gasteiger partial charge in [-0.05, 0) is 12.5 Å². The lowest BCUT2D eigenvalue weighted by Crippen LogP contribution is -2.20. The van der Waals surface area contributed by atoms with Gasteiger partial charge in [0.05, 0.1) is 6.10 Å². The van der Waals surface area contributed by atoms with Crippen LogP contribution in [0.5, 0.6) is 0 Å². The number of alkyl halides is 1. The highest BCUT2D eigenvalue weighted by Gasteiger charge is 2.22. The van der Waals surface area contributed by atoms with Crippen LogP contribution in [0.25, 0.3) is 0 Å². The van der Waals surface area contributed by atoms with Gasteiger partial charge in [-0.25, -0.2) is 8.78 Å². The molecule has 0 radical (unpaired) electrons. The second kappa shape index (κ2) is 5.53. The summed E-state index contributed by atoms with van der Waals surface area (Å²) in [6, 6.07) is 3.50. The van der Waals surface area contributed by atoms with Crippen LogP contribution in [0.4, 0.5) is 8.78 Å². The Kier molecular flexibility index (Phi) is 4.63. The molecule has 1 aromatic carbocycles. The molecule has 5 heteroatoms. The SMILES string of the molecule is OC(CCBr)C(O)c1cccc(F)c1F. The van der Waals surface area contributed by atoms with Crippen LogP contribution in [-0.2, 0) is 0 Å². The predicted octanol–water partition coefficient (Wildman–Crippen LogP) is 2.14. The van der Waals surface area contributed by atoms with E-state index in [9.17, 15) is 19.0 Å². The van der Waals surface area contributed by atoms with Crippen molar-refractivity contribution in [3.8, 4) is 0 Å². The average Bonchev–Trinajstić information content (AvgIpc) is 2.21. The number of hydrogen-bond donors (Lipinski definition) is 2. The van der Waals surface area contributed by atoms with Gasteiger partial charge in [0.15, 0.2) is 11.6 Å². The summed E-state index contributed by atoms with van der Waals surface area (Å²) < 4.78 is 26.0. The fraction of sp³-hybridized carbons (Fsp3) is 0.400. The molecule has 0 aliphatic carbocycles. The minimum Gasteiger partial charge on any atom is -0.390 e. The van der Waals surface area contributed by atoms with Gasteiger partial charge in [0.2, 0.25) is 0 Å². The summed E-state index contributed by atoms with van der Waals surface area (Å²) in [4.78, 5) is 0. The van der Waals surface area contributed by atoms with Crippen molar-refractivity contribution < 1.29 is 19.0 Å². The molecule has 2 N–H and O–H groups in total. The van der Waals surface area contributed by atoms with Crippen molar-refractivity contribution in [1.82, 2.24) is 0 Å². The van der Waals surface area contributed by atoms with Gasteiger partial charge in [-0.2, -0.15) is 0 Å². The monoisotopic (exact) mass is 280 g/mol. The maximum atomic E-state index is 13.2. The van der Waals surface area contributed by atoms with E-state index in [2.05, 4.69) is 15.9 Å². The second-order valence-corrected chi connectivity index (χ2v) is 3.93. The molecule has 2 nitrogen and oxygen atoms in total. The number of aliphatic hydroxyl groups is 2. The van der Waals surface area contributed by atoms with Crippen LogP contribution in [0.15, 0.2) is 18.2 Å². The molecule has 0 amide bonds. The van der Waals surface area contributed by atoms with Gasteiger partial charge in [-0.1, -0.05) is 28.1 Å². The fourth-order valence-electron chi connectivity index (χ4n) is 1.23. The normalized spacial score (nSPS) is 15.0. The minimum absolute atomic E-state index is 0.219. The lowest BCUT2D eigenvalue weighted by atomic mass is 10.0. The molecular formula is C10H11BrF2O2. The summed E-state index contributed by atoms with van der Waals surface area (Å²) in [6.07, 6.45) is -2.25. The molecule has 0 aliphatic heterocycles. The molecule has 2 atom stereocenters. The predicted molar refractivity (Wildman–Crippen MR) is 55.7 cm³/mol. The van der Waals surface area contributed by atoms with Crippen LogP contribution >= 0.6 is 15.9 Å². The Hall–Kier alpha value is -0.520. The molecule has 1 rings (SSSR count). The first-order valence-electron chi connectivity index (χ1n) is 4.44. The van der Waals surface area contributed by atoms with Crippen molar-refractivity contribution in [3.63, 3.8) is 0 Å². The smallest absolute Gasteiger partial charge is 0.164 e. The highest BCUT2D eigenvalue weighted by atomic mass is 79.9. The summed E-state index contributed by atoms with van der Waals surface area (Å²) in [7, 11) is 0. The number of halogens is 3. The molecule has 84 valence electrons. The van der Waals surface area contributed by atoms with Gasteiger partial charge in [0.1, 0.15) is 6.10 Å². The zero-order valence-electron chi connectivity index (χ0n) is 7.83. The van der Waals surface area contributed by atoms with Gasteiger partial charge in [0, 0.05) is 10.9 Å². The Labute approximate surface area is 94.7 Å². The topological polar surface area (TPSA) is 40.5 Å². The van der Waals surface area contributed by atoms with Crippen molar-refractivity contribution in [2.75, 3.05) is 5.33 Å². The third-order valence-corrected chi connectivity index (χ3v) is 2.53. The van der Waals surface area contributed by atoms with Crippen LogP contribution in [0.2, 0.25) is 0 Å². The van der Waals surface area contributed by atoms with Crippen molar-refractivity contribution >= 4 is 15.9 Å². The van der Waals surface area contributed by atoms with Gasteiger partial charge in [0.25, 0.3) is 0 Å². The fourth-order valence-corrected chi connectivity index (χ4v) is 1.69. The van der Waals surface area contributed by atoms with E-state index in [0.717, 1.165) is 6.07 Å². The Morgan fingerprint density at radius 2 is 1.93 bits per heavy atom. The number of benzene rings is 1. The first-order chi connectivity index (χ1) is 7.07. The molecule has 0 saturated carbocycles. The Bertz CT molecular complexity index is 333. The quantitative estimate of drug-likeness (QED) is 0.830. The number of aliphatic hydroxyl groups excluding tert-OH is 2. The minimum atomic E-state index is -1.40. The Morgan fingerprint density at radius 1 is 1.27 bits per heavy atom. The highest BCUT2D eigenvalue weighted by molar-refractivity contribution is 9.09. The maximum absolute atomic E-state index is 13.2. The first-order valence-corrected chi connectivity index (χ1v) is 5.56. The highest BCUT2D eigenvalue weighted by Crippen LogP contribution is 2.23. The van der Waals surface area contributed by atoms with Crippen LogP contribution in [0, 0.1) is 11.6 Å². The molecule has 1 aromatic rings. The lowest BCUT2D eigenvalue weighted by molar-refractivity contribution is 0.0149. The molecule has 15 heavy (non-hydrogen) atoms. The van der Waals surface area contributed by atoms with Crippen LogP contribution in [-0.4, -0.2) is 21.6 Å². The largest absolute Gasteiger partial charge is 0.390 e. The molecule has 0 heterocycles. The maximum Gasteiger partial charge on any atom is 0.164 e. The van der Waals surface area contributed by atoms with Gasteiger partial charge >= 0.3 is 0 Å². The standard InChI is InChI=1S/C10H11BrF2O2/c11-5-4-8(14)10(15)6-2-1-3-7(12)9(6)13/h1-3,8,10,14-15H,4-5H2. The van der Waals surface area contributed by atoms with E-state index in [-0.39, 0.29) is 12.0 Å². The average molecular weight is 281 g/mol. The van der Waals surface area contributed by atoms with Crippen molar-refractivity contribution in [2.24, 2.45) is 0 Å². The molecule has 0 spiro atoms. The lowest BCUT2D eigenvalue weighted by Gasteiger charge is -2.17. The Morgan fingerprint density at radius 3 is 2.53 bits per heavy atom. The van der Waals surface area contributed by atoms with Crippen LogP contribution in [0.1, 0.15) is 18.1 Å². The molecule has 2 unspecified atom stereocenters. The van der Waals surface area contributed by atoms with Gasteiger partial charge in [-0.3, -0.25) is 0 Å². The third-order valence-electron chi connectivity index (χ3n) is 2.07. The van der Waals surface area contributed by atoms with E-state index in [1.165, 1.54) is 12.1 Å². The third kappa shape index (κ3) is 2.96. The number of hydrogen-bond acceptors (Lipinski definition) is 2. The van der Waals surface area contributed by atoms with E-state index in [0.29, 0.717) is 5.33 Å². The molecule has 0 fully saturated rings. The van der Waals surface area contributed by atoms with E-state index in [4.69, 9.17) is 0 Å². The molecule has 0 aromatic heterocycles. The van der Waals surface area contributed by atoms with Gasteiger partial charge in [-0.15, -0.1) is 0 Å². The van der Waals surface area contributed by atoms with Crippen LogP contribution < -0.4 is 0 Å². The number of rotatable bonds is 4.